The van der Waals surface area contributed by atoms with Crippen molar-refractivity contribution in [3.63, 3.8) is 0 Å². The summed E-state index contributed by atoms with van der Waals surface area (Å²) in [5, 5.41) is 7.53. The number of ether oxygens (including phenoxy) is 1. The zero-order valence-corrected chi connectivity index (χ0v) is 11.3. The second kappa shape index (κ2) is 6.33. The van der Waals surface area contributed by atoms with Gasteiger partial charge in [-0.3, -0.25) is 0 Å². The third-order valence-electron chi connectivity index (χ3n) is 3.09. The zero-order valence-electron chi connectivity index (χ0n) is 11.3. The maximum absolute atomic E-state index is 6.00. The van der Waals surface area contributed by atoms with Crippen molar-refractivity contribution < 1.29 is 9.37 Å². The van der Waals surface area contributed by atoms with Gasteiger partial charge in [0.25, 0.3) is 0 Å². The van der Waals surface area contributed by atoms with Gasteiger partial charge in [-0.15, -0.1) is 0 Å². The van der Waals surface area contributed by atoms with Crippen LogP contribution in [0.1, 0.15) is 30.3 Å². The van der Waals surface area contributed by atoms with Gasteiger partial charge in [-0.05, 0) is 31.4 Å². The molecule has 2 N–H and O–H groups in total. The highest BCUT2D eigenvalue weighted by Gasteiger charge is 2.10. The van der Waals surface area contributed by atoms with Crippen LogP contribution in [0, 0.1) is 6.92 Å². The summed E-state index contributed by atoms with van der Waals surface area (Å²) in [4.78, 5) is 0. The Balaban J connectivity index is 2.05. The van der Waals surface area contributed by atoms with E-state index in [0.29, 0.717) is 6.61 Å². The van der Waals surface area contributed by atoms with Crippen LogP contribution < -0.4 is 10.5 Å². The predicted molar refractivity (Wildman–Crippen MR) is 71.8 cm³/mol. The maximum atomic E-state index is 6.00. The number of benzene rings is 1. The Labute approximate surface area is 112 Å². The molecule has 1 aromatic heterocycles. The number of nitrogens with two attached hydrogens (primary N) is 1. The third kappa shape index (κ3) is 3.54. The molecule has 2 rings (SSSR count). The second-order valence-corrected chi connectivity index (χ2v) is 4.57. The number of rotatable bonds is 6. The van der Waals surface area contributed by atoms with Crippen LogP contribution in [0.3, 0.4) is 0 Å². The Bertz CT molecular complexity index is 525. The fourth-order valence-electron chi connectivity index (χ4n) is 1.77. The minimum Gasteiger partial charge on any atom is -0.487 e. The Morgan fingerprint density at radius 2 is 2.11 bits per heavy atom. The molecule has 19 heavy (non-hydrogen) atoms. The molecule has 0 fully saturated rings. The molecule has 0 aliphatic rings. The number of hydrogen-bond donors (Lipinski definition) is 1. The van der Waals surface area contributed by atoms with Crippen LogP contribution >= 0.6 is 0 Å². The molecular formula is C14H19N3O2. The van der Waals surface area contributed by atoms with Gasteiger partial charge in [0.2, 0.25) is 0 Å². The van der Waals surface area contributed by atoms with E-state index in [1.807, 2.05) is 31.2 Å². The van der Waals surface area contributed by atoms with Crippen LogP contribution in [-0.2, 0) is 13.0 Å². The van der Waals surface area contributed by atoms with E-state index in [1.165, 1.54) is 0 Å². The molecule has 0 saturated carbocycles. The summed E-state index contributed by atoms with van der Waals surface area (Å²) in [6.45, 7) is 4.28. The summed E-state index contributed by atoms with van der Waals surface area (Å²) in [6.07, 6.45) is 1.75. The molecule has 102 valence electrons. The molecule has 0 saturated heterocycles. The van der Waals surface area contributed by atoms with E-state index in [1.54, 1.807) is 0 Å². The van der Waals surface area contributed by atoms with Gasteiger partial charge in [0, 0.05) is 6.04 Å². The first-order valence-corrected chi connectivity index (χ1v) is 6.45. The standard InChI is InChI=1S/C14H19N3O2/c1-3-12(15)8-11-6-4-5-7-14(11)18-9-13-10(2)16-19-17-13/h4-7,12H,3,8-9,15H2,1-2H3. The Kier molecular flexibility index (Phi) is 4.52. The lowest BCUT2D eigenvalue weighted by Crippen LogP contribution is -2.21. The van der Waals surface area contributed by atoms with Crippen molar-refractivity contribution in [3.05, 3.63) is 41.2 Å². The van der Waals surface area contributed by atoms with Gasteiger partial charge >= 0.3 is 0 Å². The van der Waals surface area contributed by atoms with Crippen LogP contribution in [0.15, 0.2) is 28.9 Å². The largest absolute Gasteiger partial charge is 0.487 e. The van der Waals surface area contributed by atoms with E-state index in [2.05, 4.69) is 21.9 Å². The number of hydrogen-bond acceptors (Lipinski definition) is 5. The number of para-hydroxylation sites is 1. The quantitative estimate of drug-likeness (QED) is 0.863. The molecule has 0 aliphatic carbocycles. The zero-order chi connectivity index (χ0) is 13.7. The molecule has 0 aliphatic heterocycles. The van der Waals surface area contributed by atoms with Gasteiger partial charge in [-0.2, -0.15) is 0 Å². The van der Waals surface area contributed by atoms with Crippen LogP contribution in [-0.4, -0.2) is 16.4 Å². The normalized spacial score (nSPS) is 12.4. The van der Waals surface area contributed by atoms with Gasteiger partial charge in [0.1, 0.15) is 23.7 Å². The minimum atomic E-state index is 0.153. The van der Waals surface area contributed by atoms with Gasteiger partial charge in [0.05, 0.1) is 0 Å². The summed E-state index contributed by atoms with van der Waals surface area (Å²) >= 11 is 0. The van der Waals surface area contributed by atoms with E-state index in [9.17, 15) is 0 Å². The van der Waals surface area contributed by atoms with Gasteiger partial charge in [0.15, 0.2) is 0 Å². The summed E-state index contributed by atoms with van der Waals surface area (Å²) in [5.74, 6) is 0.841. The first kappa shape index (κ1) is 13.5. The van der Waals surface area contributed by atoms with Crippen molar-refractivity contribution in [2.75, 3.05) is 0 Å². The average molecular weight is 261 g/mol. The monoisotopic (exact) mass is 261 g/mol. The smallest absolute Gasteiger partial charge is 0.145 e. The summed E-state index contributed by atoms with van der Waals surface area (Å²) in [7, 11) is 0. The number of aromatic nitrogens is 2. The molecule has 1 atom stereocenters. The lowest BCUT2D eigenvalue weighted by molar-refractivity contribution is 0.268. The fourth-order valence-corrected chi connectivity index (χ4v) is 1.77. The Morgan fingerprint density at radius 3 is 2.79 bits per heavy atom. The van der Waals surface area contributed by atoms with Gasteiger partial charge in [-0.25, -0.2) is 4.63 Å². The minimum absolute atomic E-state index is 0.153. The lowest BCUT2D eigenvalue weighted by atomic mass is 10.0. The average Bonchev–Trinajstić information content (AvgIpc) is 2.83. The van der Waals surface area contributed by atoms with Crippen molar-refractivity contribution in [3.8, 4) is 5.75 Å². The molecule has 0 radical (unpaired) electrons. The highest BCUT2D eigenvalue weighted by atomic mass is 16.6. The van der Waals surface area contributed by atoms with Crippen molar-refractivity contribution >= 4 is 0 Å². The number of aryl methyl sites for hydroxylation is 1. The Hall–Kier alpha value is -1.88. The molecular weight excluding hydrogens is 242 g/mol. The summed E-state index contributed by atoms with van der Waals surface area (Å²) < 4.78 is 10.4. The van der Waals surface area contributed by atoms with Crippen molar-refractivity contribution in [2.24, 2.45) is 5.73 Å². The second-order valence-electron chi connectivity index (χ2n) is 4.57. The molecule has 5 heteroatoms. The Morgan fingerprint density at radius 1 is 1.32 bits per heavy atom. The van der Waals surface area contributed by atoms with Crippen molar-refractivity contribution in [2.45, 2.75) is 39.3 Å². The number of nitrogens with zero attached hydrogens (tertiary/aromatic N) is 2. The van der Waals surface area contributed by atoms with Crippen LogP contribution in [0.25, 0.3) is 0 Å². The van der Waals surface area contributed by atoms with Crippen LogP contribution in [0.2, 0.25) is 0 Å². The molecule has 1 heterocycles. The maximum Gasteiger partial charge on any atom is 0.145 e. The summed E-state index contributed by atoms with van der Waals surface area (Å²) in [6, 6.07) is 8.08. The fraction of sp³-hybridized carbons (Fsp3) is 0.429. The van der Waals surface area contributed by atoms with E-state index in [0.717, 1.165) is 35.5 Å². The first-order valence-electron chi connectivity index (χ1n) is 6.45. The molecule has 2 aromatic rings. The van der Waals surface area contributed by atoms with E-state index < -0.39 is 0 Å². The molecule has 1 unspecified atom stereocenters. The van der Waals surface area contributed by atoms with Crippen LogP contribution in [0.5, 0.6) is 5.75 Å². The highest BCUT2D eigenvalue weighted by Crippen LogP contribution is 2.21. The van der Waals surface area contributed by atoms with Crippen LogP contribution in [0.4, 0.5) is 0 Å². The van der Waals surface area contributed by atoms with Gasteiger partial charge < -0.3 is 10.5 Å². The molecule has 0 spiro atoms. The third-order valence-corrected chi connectivity index (χ3v) is 3.09. The molecule has 0 bridgehead atoms. The first-order chi connectivity index (χ1) is 9.20. The molecule has 0 amide bonds. The SMILES string of the molecule is CCC(N)Cc1ccccc1OCc1nonc1C. The van der Waals surface area contributed by atoms with E-state index >= 15 is 0 Å². The van der Waals surface area contributed by atoms with E-state index in [4.69, 9.17) is 10.5 Å². The molecule has 5 nitrogen and oxygen atoms in total. The van der Waals surface area contributed by atoms with E-state index in [-0.39, 0.29) is 6.04 Å². The van der Waals surface area contributed by atoms with Crippen molar-refractivity contribution in [1.29, 1.82) is 0 Å². The summed E-state index contributed by atoms with van der Waals surface area (Å²) in [5.41, 5.74) is 8.58. The highest BCUT2D eigenvalue weighted by molar-refractivity contribution is 5.34. The predicted octanol–water partition coefficient (Wildman–Crippen LogP) is 2.24. The topological polar surface area (TPSA) is 74.2 Å². The molecule has 1 aromatic carbocycles. The van der Waals surface area contributed by atoms with Crippen molar-refractivity contribution in [1.82, 2.24) is 10.3 Å². The lowest BCUT2D eigenvalue weighted by Gasteiger charge is -2.13. The van der Waals surface area contributed by atoms with Gasteiger partial charge in [-0.1, -0.05) is 35.4 Å².